The molecule has 1 aliphatic heterocycles. The number of carbonyl (C=O) groups excluding carboxylic acids is 1. The molecule has 120 valence electrons. The zero-order valence-electron chi connectivity index (χ0n) is 13.2. The molecule has 1 N–H and O–H groups in total. The lowest BCUT2D eigenvalue weighted by molar-refractivity contribution is -0.141. The van der Waals surface area contributed by atoms with Crippen LogP contribution in [-0.4, -0.2) is 44.6 Å². The molecule has 6 heteroatoms. The first kappa shape index (κ1) is 16.3. The van der Waals surface area contributed by atoms with Crippen molar-refractivity contribution in [2.24, 2.45) is 5.16 Å². The van der Waals surface area contributed by atoms with E-state index in [1.807, 2.05) is 24.3 Å². The fourth-order valence-electron chi connectivity index (χ4n) is 2.21. The highest BCUT2D eigenvalue weighted by Crippen LogP contribution is 2.27. The summed E-state index contributed by atoms with van der Waals surface area (Å²) in [5, 5.41) is 6.92. The van der Waals surface area contributed by atoms with E-state index in [2.05, 4.69) is 10.5 Å². The molecule has 0 spiro atoms. The van der Waals surface area contributed by atoms with E-state index in [0.29, 0.717) is 19.6 Å². The Labute approximate surface area is 130 Å². The van der Waals surface area contributed by atoms with Crippen LogP contribution in [0.15, 0.2) is 29.4 Å². The van der Waals surface area contributed by atoms with Crippen LogP contribution >= 0.6 is 0 Å². The third kappa shape index (κ3) is 3.76. The summed E-state index contributed by atoms with van der Waals surface area (Å²) in [6.45, 7) is 2.92. The van der Waals surface area contributed by atoms with Crippen molar-refractivity contribution in [3.05, 3.63) is 29.8 Å². The van der Waals surface area contributed by atoms with Gasteiger partial charge in [-0.2, -0.15) is 0 Å². The highest BCUT2D eigenvalue weighted by atomic mass is 16.7. The Balaban J connectivity index is 1.92. The Kier molecular flexibility index (Phi) is 5.38. The molecule has 1 aliphatic rings. The topological polar surface area (TPSA) is 69.2 Å². The second kappa shape index (κ2) is 7.26. The molecule has 0 saturated carbocycles. The quantitative estimate of drug-likeness (QED) is 0.779. The van der Waals surface area contributed by atoms with E-state index in [-0.39, 0.29) is 5.91 Å². The summed E-state index contributed by atoms with van der Waals surface area (Å²) in [5.41, 5.74) is 0.733. The van der Waals surface area contributed by atoms with Crippen molar-refractivity contribution in [3.63, 3.8) is 0 Å². The summed E-state index contributed by atoms with van der Waals surface area (Å²) >= 11 is 0. The average molecular weight is 306 g/mol. The molecule has 0 aliphatic carbocycles. The summed E-state index contributed by atoms with van der Waals surface area (Å²) in [4.78, 5) is 17.6. The Morgan fingerprint density at radius 3 is 2.73 bits per heavy atom. The van der Waals surface area contributed by atoms with Gasteiger partial charge < -0.3 is 19.6 Å². The molecule has 0 aromatic heterocycles. The van der Waals surface area contributed by atoms with E-state index < -0.39 is 5.60 Å². The average Bonchev–Trinajstić information content (AvgIpc) is 2.95. The molecular formula is C16H22N2O4. The van der Waals surface area contributed by atoms with Crippen LogP contribution in [0.3, 0.4) is 0 Å². The summed E-state index contributed by atoms with van der Waals surface area (Å²) in [6, 6.07) is 7.53. The van der Waals surface area contributed by atoms with Crippen LogP contribution in [0.25, 0.3) is 0 Å². The number of hydrogen-bond donors (Lipinski definition) is 1. The van der Waals surface area contributed by atoms with Gasteiger partial charge in [0.05, 0.1) is 12.8 Å². The minimum Gasteiger partial charge on any atom is -0.497 e. The largest absolute Gasteiger partial charge is 0.497 e. The number of methoxy groups -OCH3 is 2. The number of nitrogens with zero attached hydrogens (tertiary/aromatic N) is 1. The van der Waals surface area contributed by atoms with Crippen molar-refractivity contribution in [1.82, 2.24) is 5.32 Å². The van der Waals surface area contributed by atoms with Gasteiger partial charge in [0.25, 0.3) is 5.91 Å². The van der Waals surface area contributed by atoms with Crippen molar-refractivity contribution >= 4 is 11.6 Å². The smallest absolute Gasteiger partial charge is 0.267 e. The van der Waals surface area contributed by atoms with Gasteiger partial charge in [0, 0.05) is 26.7 Å². The predicted octanol–water partition coefficient (Wildman–Crippen LogP) is 1.73. The second-order valence-corrected chi connectivity index (χ2v) is 5.37. The first-order valence-corrected chi connectivity index (χ1v) is 7.26. The number of amides is 1. The third-order valence-corrected chi connectivity index (χ3v) is 3.58. The molecule has 1 heterocycles. The van der Waals surface area contributed by atoms with E-state index in [1.165, 1.54) is 0 Å². The Morgan fingerprint density at radius 1 is 1.36 bits per heavy atom. The van der Waals surface area contributed by atoms with Gasteiger partial charge in [0.15, 0.2) is 0 Å². The molecule has 0 bridgehead atoms. The lowest BCUT2D eigenvalue weighted by Crippen LogP contribution is -2.45. The van der Waals surface area contributed by atoms with Crippen LogP contribution in [0, 0.1) is 0 Å². The van der Waals surface area contributed by atoms with E-state index in [9.17, 15) is 4.79 Å². The summed E-state index contributed by atoms with van der Waals surface area (Å²) in [6.07, 6.45) is 1.21. The molecule has 2 rings (SSSR count). The van der Waals surface area contributed by atoms with Gasteiger partial charge in [0.1, 0.15) is 5.75 Å². The number of hydrogen-bond acceptors (Lipinski definition) is 5. The SMILES string of the molecule is COCCCNC(=O)[C@@]1(C)CC(c2ccc(OC)cc2)=NO1. The molecule has 0 unspecified atom stereocenters. The van der Waals surface area contributed by atoms with Gasteiger partial charge in [-0.15, -0.1) is 0 Å². The Morgan fingerprint density at radius 2 is 2.09 bits per heavy atom. The summed E-state index contributed by atoms with van der Waals surface area (Å²) < 4.78 is 10.1. The van der Waals surface area contributed by atoms with Crippen LogP contribution in [0.4, 0.5) is 0 Å². The molecular weight excluding hydrogens is 284 g/mol. The van der Waals surface area contributed by atoms with E-state index >= 15 is 0 Å². The van der Waals surface area contributed by atoms with Crippen LogP contribution in [0.1, 0.15) is 25.3 Å². The number of nitrogens with one attached hydrogen (secondary N) is 1. The third-order valence-electron chi connectivity index (χ3n) is 3.58. The van der Waals surface area contributed by atoms with Gasteiger partial charge in [0.2, 0.25) is 5.60 Å². The molecule has 0 radical (unpaired) electrons. The molecule has 0 fully saturated rings. The fraction of sp³-hybridized carbons (Fsp3) is 0.500. The van der Waals surface area contributed by atoms with Crippen LogP contribution in [-0.2, 0) is 14.4 Å². The standard InChI is InChI=1S/C16H22N2O4/c1-16(15(19)17-9-4-10-20-2)11-14(18-22-16)12-5-7-13(21-3)8-6-12/h5-8H,4,9-11H2,1-3H3,(H,17,19)/t16-/m1/s1. The maximum atomic E-state index is 12.2. The van der Waals surface area contributed by atoms with E-state index in [0.717, 1.165) is 23.4 Å². The first-order chi connectivity index (χ1) is 10.6. The molecule has 6 nitrogen and oxygen atoms in total. The van der Waals surface area contributed by atoms with E-state index in [4.69, 9.17) is 14.3 Å². The number of carbonyl (C=O) groups is 1. The summed E-state index contributed by atoms with van der Waals surface area (Å²) in [5.74, 6) is 0.623. The van der Waals surface area contributed by atoms with Crippen LogP contribution in [0.5, 0.6) is 5.75 Å². The predicted molar refractivity (Wildman–Crippen MR) is 83.1 cm³/mol. The lowest BCUT2D eigenvalue weighted by atomic mass is 9.95. The number of ether oxygens (including phenoxy) is 2. The second-order valence-electron chi connectivity index (χ2n) is 5.37. The van der Waals surface area contributed by atoms with Crippen LogP contribution in [0.2, 0.25) is 0 Å². The van der Waals surface area contributed by atoms with Gasteiger partial charge in [-0.1, -0.05) is 5.16 Å². The van der Waals surface area contributed by atoms with Crippen molar-refractivity contribution in [2.75, 3.05) is 27.4 Å². The summed E-state index contributed by atoms with van der Waals surface area (Å²) in [7, 11) is 3.26. The molecule has 1 atom stereocenters. The Bertz CT molecular complexity index is 542. The highest BCUT2D eigenvalue weighted by molar-refractivity contribution is 6.05. The lowest BCUT2D eigenvalue weighted by Gasteiger charge is -2.20. The number of benzene rings is 1. The van der Waals surface area contributed by atoms with Crippen LogP contribution < -0.4 is 10.1 Å². The van der Waals surface area contributed by atoms with E-state index in [1.54, 1.807) is 21.1 Å². The number of rotatable bonds is 7. The zero-order chi connectivity index (χ0) is 16.0. The zero-order valence-corrected chi connectivity index (χ0v) is 13.2. The molecule has 1 aromatic rings. The van der Waals surface area contributed by atoms with Crippen molar-refractivity contribution in [1.29, 1.82) is 0 Å². The maximum Gasteiger partial charge on any atom is 0.267 e. The van der Waals surface area contributed by atoms with Gasteiger partial charge in [-0.05, 0) is 43.2 Å². The minimum absolute atomic E-state index is 0.157. The molecule has 1 aromatic carbocycles. The Hall–Kier alpha value is -2.08. The van der Waals surface area contributed by atoms with Gasteiger partial charge in [-0.3, -0.25) is 4.79 Å². The fourth-order valence-corrected chi connectivity index (χ4v) is 2.21. The van der Waals surface area contributed by atoms with Crippen molar-refractivity contribution in [2.45, 2.75) is 25.4 Å². The minimum atomic E-state index is -0.956. The maximum absolute atomic E-state index is 12.2. The molecule has 1 amide bonds. The highest BCUT2D eigenvalue weighted by Gasteiger charge is 2.41. The molecule has 22 heavy (non-hydrogen) atoms. The van der Waals surface area contributed by atoms with Crippen molar-refractivity contribution < 1.29 is 19.1 Å². The van der Waals surface area contributed by atoms with Gasteiger partial charge >= 0.3 is 0 Å². The molecule has 0 saturated heterocycles. The monoisotopic (exact) mass is 306 g/mol. The first-order valence-electron chi connectivity index (χ1n) is 7.26. The normalized spacial score (nSPS) is 20.2. The number of oxime groups is 1. The van der Waals surface area contributed by atoms with Crippen molar-refractivity contribution in [3.8, 4) is 5.75 Å². The van der Waals surface area contributed by atoms with Gasteiger partial charge in [-0.25, -0.2) is 0 Å².